The third-order valence-electron chi connectivity index (χ3n) is 4.93. The zero-order chi connectivity index (χ0) is 16.3. The average Bonchev–Trinajstić information content (AvgIpc) is 2.54. The highest BCUT2D eigenvalue weighted by atomic mass is 19.1. The molecule has 3 heteroatoms. The molecule has 0 spiro atoms. The Balaban J connectivity index is 2.28. The summed E-state index contributed by atoms with van der Waals surface area (Å²) in [6.07, 6.45) is 1.42. The molecule has 0 amide bonds. The number of aliphatic hydroxyl groups is 2. The fourth-order valence-corrected chi connectivity index (χ4v) is 3.81. The minimum atomic E-state index is -0.986. The number of aliphatic hydroxyl groups excluding tert-OH is 2. The fraction of sp³-hybridized carbons (Fsp3) is 0.200. The molecule has 1 aliphatic rings. The molecule has 2 atom stereocenters. The predicted molar refractivity (Wildman–Crippen MR) is 90.9 cm³/mol. The first kappa shape index (κ1) is 14.4. The van der Waals surface area contributed by atoms with Crippen LogP contribution in [0, 0.1) is 19.7 Å². The zero-order valence-electron chi connectivity index (χ0n) is 13.0. The Kier molecular flexibility index (Phi) is 3.05. The lowest BCUT2D eigenvalue weighted by Crippen LogP contribution is -2.21. The molecule has 2 N–H and O–H groups in total. The van der Waals surface area contributed by atoms with E-state index in [1.54, 1.807) is 18.2 Å². The summed E-state index contributed by atoms with van der Waals surface area (Å²) in [5.41, 5.74) is 3.13. The number of hydrogen-bond acceptors (Lipinski definition) is 2. The van der Waals surface area contributed by atoms with E-state index < -0.39 is 12.2 Å². The second kappa shape index (κ2) is 4.88. The second-order valence-corrected chi connectivity index (χ2v) is 6.20. The molecule has 2 nitrogen and oxygen atoms in total. The van der Waals surface area contributed by atoms with Crippen molar-refractivity contribution in [3.63, 3.8) is 0 Å². The molecule has 0 aromatic heterocycles. The molecule has 0 radical (unpaired) electrons. The Morgan fingerprint density at radius 2 is 1.74 bits per heavy atom. The van der Waals surface area contributed by atoms with Crippen LogP contribution in [-0.4, -0.2) is 16.3 Å². The van der Waals surface area contributed by atoms with E-state index in [1.165, 1.54) is 0 Å². The van der Waals surface area contributed by atoms with E-state index >= 15 is 0 Å². The van der Waals surface area contributed by atoms with Crippen LogP contribution in [-0.2, 0) is 0 Å². The van der Waals surface area contributed by atoms with Gasteiger partial charge in [-0.05, 0) is 58.3 Å². The molecule has 4 rings (SSSR count). The minimum Gasteiger partial charge on any atom is -0.386 e. The van der Waals surface area contributed by atoms with Gasteiger partial charge in [0.1, 0.15) is 18.0 Å². The average molecular weight is 308 g/mol. The predicted octanol–water partition coefficient (Wildman–Crippen LogP) is 4.17. The van der Waals surface area contributed by atoms with E-state index in [0.717, 1.165) is 32.8 Å². The van der Waals surface area contributed by atoms with E-state index in [1.807, 2.05) is 38.1 Å². The van der Waals surface area contributed by atoms with Gasteiger partial charge in [0.25, 0.3) is 0 Å². The molecule has 0 saturated carbocycles. The topological polar surface area (TPSA) is 40.5 Å². The summed E-state index contributed by atoms with van der Waals surface area (Å²) in [5, 5.41) is 23.6. The highest BCUT2D eigenvalue weighted by Gasteiger charge is 2.28. The Labute approximate surface area is 133 Å². The number of benzene rings is 3. The van der Waals surface area contributed by atoms with Crippen LogP contribution in [0.15, 0.2) is 36.4 Å². The lowest BCUT2D eigenvalue weighted by molar-refractivity contribution is 0.0466. The summed E-state index contributed by atoms with van der Waals surface area (Å²) in [6.45, 7) is 3.76. The van der Waals surface area contributed by atoms with Gasteiger partial charge in [-0.25, -0.2) is 4.39 Å². The molecular formula is C20H17FO2. The van der Waals surface area contributed by atoms with E-state index in [4.69, 9.17) is 0 Å². The van der Waals surface area contributed by atoms with Gasteiger partial charge in [-0.1, -0.05) is 36.4 Å². The Hall–Kier alpha value is -2.23. The van der Waals surface area contributed by atoms with Crippen molar-refractivity contribution in [1.29, 1.82) is 0 Å². The van der Waals surface area contributed by atoms with Gasteiger partial charge in [0.05, 0.1) is 0 Å². The van der Waals surface area contributed by atoms with Crippen molar-refractivity contribution >= 4 is 27.6 Å². The fourth-order valence-electron chi connectivity index (χ4n) is 3.81. The number of aryl methyl sites for hydroxylation is 2. The van der Waals surface area contributed by atoms with Gasteiger partial charge in [0.2, 0.25) is 0 Å². The smallest absolute Gasteiger partial charge is 0.131 e. The van der Waals surface area contributed by atoms with Crippen LogP contribution >= 0.6 is 0 Å². The normalized spacial score (nSPS) is 20.2. The summed E-state index contributed by atoms with van der Waals surface area (Å²) < 4.78 is 14.8. The van der Waals surface area contributed by atoms with Crippen LogP contribution in [0.2, 0.25) is 0 Å². The third kappa shape index (κ3) is 1.87. The summed E-state index contributed by atoms with van der Waals surface area (Å²) >= 11 is 0. The molecule has 0 saturated heterocycles. The first-order valence-electron chi connectivity index (χ1n) is 7.69. The van der Waals surface area contributed by atoms with Crippen molar-refractivity contribution in [2.45, 2.75) is 26.1 Å². The van der Waals surface area contributed by atoms with Crippen LogP contribution < -0.4 is 0 Å². The maximum atomic E-state index is 14.8. The van der Waals surface area contributed by atoms with Crippen molar-refractivity contribution in [2.75, 3.05) is 0 Å². The van der Waals surface area contributed by atoms with Crippen LogP contribution in [0.25, 0.3) is 27.6 Å². The first-order chi connectivity index (χ1) is 11.0. The lowest BCUT2D eigenvalue weighted by atomic mass is 9.81. The molecule has 0 fully saturated rings. The Morgan fingerprint density at radius 1 is 1.00 bits per heavy atom. The second-order valence-electron chi connectivity index (χ2n) is 6.20. The van der Waals surface area contributed by atoms with Gasteiger partial charge in [-0.2, -0.15) is 0 Å². The maximum absolute atomic E-state index is 14.8. The van der Waals surface area contributed by atoms with E-state index in [2.05, 4.69) is 0 Å². The monoisotopic (exact) mass is 308 g/mol. The summed E-state index contributed by atoms with van der Waals surface area (Å²) in [7, 11) is 0. The quantitative estimate of drug-likeness (QED) is 0.612. The molecule has 3 aromatic carbocycles. The van der Waals surface area contributed by atoms with Crippen LogP contribution in [0.4, 0.5) is 4.39 Å². The van der Waals surface area contributed by atoms with Crippen LogP contribution in [0.5, 0.6) is 0 Å². The Bertz CT molecular complexity index is 988. The number of halogens is 1. The molecular weight excluding hydrogens is 291 g/mol. The molecule has 0 heterocycles. The van der Waals surface area contributed by atoms with Gasteiger partial charge in [-0.15, -0.1) is 0 Å². The van der Waals surface area contributed by atoms with Gasteiger partial charge in [-0.3, -0.25) is 0 Å². The summed E-state index contributed by atoms with van der Waals surface area (Å²) in [6, 6.07) is 9.23. The van der Waals surface area contributed by atoms with Crippen molar-refractivity contribution in [1.82, 2.24) is 0 Å². The molecule has 0 bridgehead atoms. The van der Waals surface area contributed by atoms with Gasteiger partial charge >= 0.3 is 0 Å². The summed E-state index contributed by atoms with van der Waals surface area (Å²) in [4.78, 5) is 0. The molecule has 3 aromatic rings. The SMILES string of the molecule is Cc1c2c(c(C)c3c1c(F)cc1ccccc13)[C@H](O)[C@@H](O)C=C2. The maximum Gasteiger partial charge on any atom is 0.131 e. The van der Waals surface area contributed by atoms with Crippen molar-refractivity contribution < 1.29 is 14.6 Å². The molecule has 116 valence electrons. The van der Waals surface area contributed by atoms with Gasteiger partial charge in [0, 0.05) is 5.39 Å². The minimum absolute atomic E-state index is 0.254. The van der Waals surface area contributed by atoms with Gasteiger partial charge in [0.15, 0.2) is 0 Å². The number of rotatable bonds is 0. The van der Waals surface area contributed by atoms with E-state index in [9.17, 15) is 14.6 Å². The summed E-state index contributed by atoms with van der Waals surface area (Å²) in [5.74, 6) is -0.254. The number of hydrogen-bond donors (Lipinski definition) is 2. The molecule has 0 unspecified atom stereocenters. The highest BCUT2D eigenvalue weighted by molar-refractivity contribution is 6.11. The molecule has 0 aliphatic heterocycles. The lowest BCUT2D eigenvalue weighted by Gasteiger charge is -2.27. The van der Waals surface area contributed by atoms with E-state index in [0.29, 0.717) is 10.9 Å². The highest BCUT2D eigenvalue weighted by Crippen LogP contribution is 2.41. The Morgan fingerprint density at radius 3 is 2.52 bits per heavy atom. The molecule has 23 heavy (non-hydrogen) atoms. The largest absolute Gasteiger partial charge is 0.386 e. The van der Waals surface area contributed by atoms with Gasteiger partial charge < -0.3 is 10.2 Å². The standard InChI is InChI=1S/C20H17FO2/c1-10-13-7-8-16(22)20(23)18(13)11(2)17-14-6-4-3-5-12(14)9-15(21)19(10)17/h3-9,16,20,22-23H,1-2H3/t16-,20+/m0/s1. The van der Waals surface area contributed by atoms with E-state index in [-0.39, 0.29) is 5.82 Å². The zero-order valence-corrected chi connectivity index (χ0v) is 13.0. The van der Waals surface area contributed by atoms with Crippen molar-refractivity contribution in [2.24, 2.45) is 0 Å². The third-order valence-corrected chi connectivity index (χ3v) is 4.93. The van der Waals surface area contributed by atoms with Crippen molar-refractivity contribution in [3.05, 3.63) is 64.5 Å². The number of fused-ring (bicyclic) bond motifs is 4. The van der Waals surface area contributed by atoms with Crippen molar-refractivity contribution in [3.8, 4) is 0 Å². The van der Waals surface area contributed by atoms with Crippen LogP contribution in [0.3, 0.4) is 0 Å². The first-order valence-corrected chi connectivity index (χ1v) is 7.69. The molecule has 1 aliphatic carbocycles. The van der Waals surface area contributed by atoms with Crippen LogP contribution in [0.1, 0.15) is 28.4 Å².